The molecule has 2 aromatic rings. The molecule has 1 heterocycles. The van der Waals surface area contributed by atoms with Crippen molar-refractivity contribution < 1.29 is 4.79 Å². The number of aryl methyl sites for hydroxylation is 1. The van der Waals surface area contributed by atoms with Gasteiger partial charge in [0.15, 0.2) is 5.16 Å². The van der Waals surface area contributed by atoms with Crippen LogP contribution in [0.25, 0.3) is 0 Å². The molecule has 0 fully saturated rings. The average Bonchev–Trinajstić information content (AvgIpc) is 2.86. The number of aromatic nitrogens is 3. The third kappa shape index (κ3) is 5.01. The van der Waals surface area contributed by atoms with Crippen LogP contribution in [-0.2, 0) is 11.8 Å². The van der Waals surface area contributed by atoms with Crippen molar-refractivity contribution in [1.29, 1.82) is 0 Å². The maximum atomic E-state index is 11.8. The van der Waals surface area contributed by atoms with Gasteiger partial charge in [-0.25, -0.2) is 0 Å². The van der Waals surface area contributed by atoms with Crippen molar-refractivity contribution in [2.75, 3.05) is 5.32 Å². The average molecular weight is 342 g/mol. The summed E-state index contributed by atoms with van der Waals surface area (Å²) in [7, 11) is 1.89. The molecule has 1 aromatic carbocycles. The van der Waals surface area contributed by atoms with Crippen LogP contribution in [0.2, 0.25) is 0 Å². The van der Waals surface area contributed by atoms with Gasteiger partial charge in [0.2, 0.25) is 5.91 Å². The predicted octanol–water partition coefficient (Wildman–Crippen LogP) is 2.45. The van der Waals surface area contributed by atoms with Gasteiger partial charge >= 0.3 is 0 Å². The van der Waals surface area contributed by atoms with Crippen LogP contribution in [0.3, 0.4) is 0 Å². The monoisotopic (exact) mass is 341 g/mol. The van der Waals surface area contributed by atoms with Gasteiger partial charge in [-0.15, -0.1) is 22.6 Å². The fraction of sp³-hybridized carbons (Fsp3) is 0.357. The fourth-order valence-corrected chi connectivity index (χ4v) is 2.52. The van der Waals surface area contributed by atoms with Crippen molar-refractivity contribution in [2.45, 2.75) is 35.9 Å². The minimum atomic E-state index is -0.456. The van der Waals surface area contributed by atoms with Gasteiger partial charge in [-0.05, 0) is 42.4 Å². The molecule has 3 N–H and O–H groups in total. The Morgan fingerprint density at radius 2 is 2.09 bits per heavy atom. The van der Waals surface area contributed by atoms with Crippen LogP contribution in [-0.4, -0.2) is 26.7 Å². The first-order valence-electron chi connectivity index (χ1n) is 6.78. The van der Waals surface area contributed by atoms with Crippen LogP contribution in [0.4, 0.5) is 5.69 Å². The van der Waals surface area contributed by atoms with Gasteiger partial charge in [-0.2, -0.15) is 0 Å². The van der Waals surface area contributed by atoms with E-state index in [-0.39, 0.29) is 18.3 Å². The fourth-order valence-electron chi connectivity index (χ4n) is 1.75. The lowest BCUT2D eigenvalue weighted by molar-refractivity contribution is -0.117. The van der Waals surface area contributed by atoms with Gasteiger partial charge in [-0.1, -0.05) is 13.3 Å². The van der Waals surface area contributed by atoms with Gasteiger partial charge in [0.05, 0.1) is 6.04 Å². The number of anilines is 1. The molecule has 0 saturated carbocycles. The molecule has 2 rings (SSSR count). The number of halogens is 1. The quantitative estimate of drug-likeness (QED) is 0.842. The van der Waals surface area contributed by atoms with Crippen LogP contribution in [0, 0.1) is 0 Å². The lowest BCUT2D eigenvalue weighted by Crippen LogP contribution is -2.35. The SMILES string of the molecule is CCCC(N)C(=O)Nc1ccc(Sc2nncn2C)cc1.Cl. The highest BCUT2D eigenvalue weighted by molar-refractivity contribution is 7.99. The largest absolute Gasteiger partial charge is 0.325 e. The number of rotatable bonds is 6. The van der Waals surface area contributed by atoms with Gasteiger partial charge in [0.1, 0.15) is 6.33 Å². The zero-order valence-corrected chi connectivity index (χ0v) is 14.2. The molecule has 8 heteroatoms. The lowest BCUT2D eigenvalue weighted by Gasteiger charge is -2.11. The highest BCUT2D eigenvalue weighted by Gasteiger charge is 2.12. The summed E-state index contributed by atoms with van der Waals surface area (Å²) in [5, 5.41) is 11.5. The molecule has 0 spiro atoms. The van der Waals surface area contributed by atoms with E-state index in [1.165, 1.54) is 11.8 Å². The number of benzene rings is 1. The van der Waals surface area contributed by atoms with Crippen molar-refractivity contribution in [3.63, 3.8) is 0 Å². The second-order valence-corrected chi connectivity index (χ2v) is 5.78. The van der Waals surface area contributed by atoms with Gasteiger partial charge in [-0.3, -0.25) is 4.79 Å². The first-order chi connectivity index (χ1) is 10.1. The highest BCUT2D eigenvalue weighted by atomic mass is 35.5. The molecule has 0 aliphatic heterocycles. The first-order valence-corrected chi connectivity index (χ1v) is 7.60. The van der Waals surface area contributed by atoms with Crippen molar-refractivity contribution in [3.8, 4) is 0 Å². The Kier molecular flexibility index (Phi) is 7.37. The van der Waals surface area contributed by atoms with Gasteiger partial charge in [0, 0.05) is 17.6 Å². The Labute approximate surface area is 140 Å². The highest BCUT2D eigenvalue weighted by Crippen LogP contribution is 2.26. The van der Waals surface area contributed by atoms with E-state index in [9.17, 15) is 4.79 Å². The van der Waals surface area contributed by atoms with E-state index < -0.39 is 6.04 Å². The standard InChI is InChI=1S/C14H19N5OS.ClH/c1-3-4-12(15)13(20)17-10-5-7-11(8-6-10)21-14-18-16-9-19(14)2;/h5-9,12H,3-4,15H2,1-2H3,(H,17,20);1H. The van der Waals surface area contributed by atoms with E-state index in [1.54, 1.807) is 6.33 Å². The number of carbonyl (C=O) groups is 1. The van der Waals surface area contributed by atoms with E-state index in [0.29, 0.717) is 6.42 Å². The summed E-state index contributed by atoms with van der Waals surface area (Å²) in [6.07, 6.45) is 3.24. The molecule has 0 bridgehead atoms. The Balaban J connectivity index is 0.00000242. The first kappa shape index (κ1) is 18.5. The molecule has 22 heavy (non-hydrogen) atoms. The van der Waals surface area contributed by atoms with Crippen molar-refractivity contribution in [1.82, 2.24) is 14.8 Å². The van der Waals surface area contributed by atoms with Crippen LogP contribution in [0.15, 0.2) is 40.6 Å². The van der Waals surface area contributed by atoms with Crippen molar-refractivity contribution in [2.24, 2.45) is 12.8 Å². The molecule has 1 amide bonds. The summed E-state index contributed by atoms with van der Waals surface area (Å²) in [4.78, 5) is 12.9. The van der Waals surface area contributed by atoms with E-state index >= 15 is 0 Å². The Hall–Kier alpha value is -1.57. The third-order valence-corrected chi connectivity index (χ3v) is 4.00. The van der Waals surface area contributed by atoms with Gasteiger partial charge < -0.3 is 15.6 Å². The zero-order valence-electron chi connectivity index (χ0n) is 12.5. The number of hydrogen-bond donors (Lipinski definition) is 2. The molecule has 1 aromatic heterocycles. The Morgan fingerprint density at radius 1 is 1.41 bits per heavy atom. The smallest absolute Gasteiger partial charge is 0.241 e. The minimum Gasteiger partial charge on any atom is -0.325 e. The summed E-state index contributed by atoms with van der Waals surface area (Å²) < 4.78 is 1.85. The maximum absolute atomic E-state index is 11.8. The second-order valence-electron chi connectivity index (χ2n) is 4.74. The number of nitrogens with one attached hydrogen (secondary N) is 1. The molecule has 0 radical (unpaired) electrons. The van der Waals surface area contributed by atoms with Crippen LogP contribution in [0.1, 0.15) is 19.8 Å². The molecule has 1 atom stereocenters. The molecule has 0 aliphatic rings. The summed E-state index contributed by atoms with van der Waals surface area (Å²) in [6.45, 7) is 2.01. The predicted molar refractivity (Wildman–Crippen MR) is 90.3 cm³/mol. The number of nitrogens with two attached hydrogens (primary N) is 1. The number of hydrogen-bond acceptors (Lipinski definition) is 5. The number of carbonyl (C=O) groups excluding carboxylic acids is 1. The molecule has 0 aliphatic carbocycles. The Morgan fingerprint density at radius 3 is 2.64 bits per heavy atom. The van der Waals surface area contributed by atoms with Crippen molar-refractivity contribution >= 4 is 35.8 Å². The van der Waals surface area contributed by atoms with Crippen LogP contribution in [0.5, 0.6) is 0 Å². The summed E-state index contributed by atoms with van der Waals surface area (Å²) in [5.41, 5.74) is 6.52. The molecular formula is C14H20ClN5OS. The number of amides is 1. The zero-order chi connectivity index (χ0) is 15.2. The third-order valence-electron chi connectivity index (χ3n) is 2.94. The summed E-state index contributed by atoms with van der Waals surface area (Å²) in [5.74, 6) is -0.148. The normalized spacial score (nSPS) is 11.6. The Bertz CT molecular complexity index is 602. The molecule has 120 valence electrons. The van der Waals surface area contributed by atoms with E-state index in [2.05, 4.69) is 15.5 Å². The van der Waals surface area contributed by atoms with E-state index in [4.69, 9.17) is 5.73 Å². The van der Waals surface area contributed by atoms with E-state index in [1.807, 2.05) is 42.8 Å². The maximum Gasteiger partial charge on any atom is 0.241 e. The molecule has 6 nitrogen and oxygen atoms in total. The molecular weight excluding hydrogens is 322 g/mol. The van der Waals surface area contributed by atoms with Crippen LogP contribution < -0.4 is 11.1 Å². The van der Waals surface area contributed by atoms with E-state index in [0.717, 1.165) is 22.2 Å². The van der Waals surface area contributed by atoms with Crippen LogP contribution >= 0.6 is 24.2 Å². The topological polar surface area (TPSA) is 85.8 Å². The molecule has 0 saturated heterocycles. The minimum absolute atomic E-state index is 0. The second kappa shape index (κ2) is 8.77. The summed E-state index contributed by atoms with van der Waals surface area (Å²) in [6, 6.07) is 7.12. The lowest BCUT2D eigenvalue weighted by atomic mass is 10.1. The summed E-state index contributed by atoms with van der Waals surface area (Å²) >= 11 is 1.51. The van der Waals surface area contributed by atoms with Gasteiger partial charge in [0.25, 0.3) is 0 Å². The van der Waals surface area contributed by atoms with Crippen molar-refractivity contribution in [3.05, 3.63) is 30.6 Å². The molecule has 1 unspecified atom stereocenters. The number of nitrogens with zero attached hydrogens (tertiary/aromatic N) is 3.